The van der Waals surface area contributed by atoms with E-state index in [0.29, 0.717) is 12.3 Å². The molecule has 1 aromatic carbocycles. The van der Waals surface area contributed by atoms with Gasteiger partial charge in [0.15, 0.2) is 0 Å². The van der Waals surface area contributed by atoms with Crippen LogP contribution in [0.25, 0.3) is 11.0 Å². The van der Waals surface area contributed by atoms with E-state index in [4.69, 9.17) is 10.9 Å². The second-order valence-corrected chi connectivity index (χ2v) is 5.47. The molecule has 0 unspecified atom stereocenters. The first-order valence-corrected chi connectivity index (χ1v) is 7.02. The lowest BCUT2D eigenvalue weighted by Gasteiger charge is -2.10. The number of imidazole rings is 1. The van der Waals surface area contributed by atoms with Gasteiger partial charge in [-0.2, -0.15) is 0 Å². The highest BCUT2D eigenvalue weighted by Crippen LogP contribution is 2.18. The number of para-hydroxylation sites is 2. The number of nitrogens with zero attached hydrogens (tertiary/aromatic N) is 3. The van der Waals surface area contributed by atoms with E-state index in [1.807, 2.05) is 18.2 Å². The van der Waals surface area contributed by atoms with Gasteiger partial charge in [0.05, 0.1) is 17.5 Å². The van der Waals surface area contributed by atoms with E-state index < -0.39 is 0 Å². The lowest BCUT2D eigenvalue weighted by Crippen LogP contribution is -2.18. The Labute approximate surface area is 119 Å². The predicted octanol–water partition coefficient (Wildman–Crippen LogP) is 2.76. The van der Waals surface area contributed by atoms with Gasteiger partial charge in [0.1, 0.15) is 11.7 Å². The van der Waals surface area contributed by atoms with Gasteiger partial charge in [0.25, 0.3) is 0 Å². The maximum absolute atomic E-state index is 8.74. The Morgan fingerprint density at radius 3 is 2.85 bits per heavy atom. The number of amidine groups is 1. The smallest absolute Gasteiger partial charge is 0.146 e. The topological polar surface area (TPSA) is 76.4 Å². The monoisotopic (exact) mass is 274 g/mol. The van der Waals surface area contributed by atoms with Crippen molar-refractivity contribution >= 4 is 16.9 Å². The Kier molecular flexibility index (Phi) is 4.61. The molecular weight excluding hydrogens is 252 g/mol. The summed E-state index contributed by atoms with van der Waals surface area (Å²) in [6.45, 7) is 5.36. The number of aromatic nitrogens is 2. The first kappa shape index (κ1) is 14.4. The molecule has 20 heavy (non-hydrogen) atoms. The quantitative estimate of drug-likeness (QED) is 0.368. The maximum Gasteiger partial charge on any atom is 0.146 e. The molecule has 0 fully saturated rings. The van der Waals surface area contributed by atoms with Gasteiger partial charge in [-0.05, 0) is 30.9 Å². The second-order valence-electron chi connectivity index (χ2n) is 5.47. The highest BCUT2D eigenvalue weighted by Gasteiger charge is 2.11. The zero-order chi connectivity index (χ0) is 14.5. The van der Waals surface area contributed by atoms with Gasteiger partial charge in [-0.25, -0.2) is 4.98 Å². The highest BCUT2D eigenvalue weighted by atomic mass is 16.4. The van der Waals surface area contributed by atoms with E-state index in [2.05, 4.69) is 34.6 Å². The van der Waals surface area contributed by atoms with Crippen molar-refractivity contribution in [2.45, 2.75) is 39.7 Å². The van der Waals surface area contributed by atoms with Crippen molar-refractivity contribution in [1.82, 2.24) is 9.55 Å². The van der Waals surface area contributed by atoms with Crippen LogP contribution in [0.3, 0.4) is 0 Å². The minimum Gasteiger partial charge on any atom is -0.409 e. The van der Waals surface area contributed by atoms with E-state index >= 15 is 0 Å². The molecule has 0 aliphatic heterocycles. The second kappa shape index (κ2) is 6.41. The minimum atomic E-state index is 0.186. The first-order chi connectivity index (χ1) is 9.61. The summed E-state index contributed by atoms with van der Waals surface area (Å²) < 4.78 is 2.18. The Hall–Kier alpha value is -2.04. The van der Waals surface area contributed by atoms with E-state index in [0.717, 1.165) is 29.8 Å². The van der Waals surface area contributed by atoms with Gasteiger partial charge in [-0.15, -0.1) is 0 Å². The van der Waals surface area contributed by atoms with Crippen molar-refractivity contribution in [3.63, 3.8) is 0 Å². The third-order valence-electron chi connectivity index (χ3n) is 3.36. The van der Waals surface area contributed by atoms with Crippen molar-refractivity contribution in [3.05, 3.63) is 30.1 Å². The van der Waals surface area contributed by atoms with Crippen molar-refractivity contribution in [1.29, 1.82) is 0 Å². The van der Waals surface area contributed by atoms with Crippen LogP contribution in [0.4, 0.5) is 0 Å². The summed E-state index contributed by atoms with van der Waals surface area (Å²) in [5, 5.41) is 11.8. The standard InChI is InChI=1S/C15H22N4O/c1-11(2)6-5-9-19-13-8-4-3-7-12(13)17-15(19)10-14(16)18-20/h3-4,7-8,11,20H,5-6,9-10H2,1-2H3,(H2,16,18). The number of oxime groups is 1. The third kappa shape index (κ3) is 3.29. The summed E-state index contributed by atoms with van der Waals surface area (Å²) in [5.41, 5.74) is 7.68. The van der Waals surface area contributed by atoms with Gasteiger partial charge >= 0.3 is 0 Å². The van der Waals surface area contributed by atoms with Crippen molar-refractivity contribution in [2.24, 2.45) is 16.8 Å². The van der Waals surface area contributed by atoms with Crippen LogP contribution in [0.1, 0.15) is 32.5 Å². The molecule has 108 valence electrons. The zero-order valence-electron chi connectivity index (χ0n) is 12.1. The van der Waals surface area contributed by atoms with Crippen molar-refractivity contribution in [3.8, 4) is 0 Å². The summed E-state index contributed by atoms with van der Waals surface area (Å²) in [6, 6.07) is 8.04. The van der Waals surface area contributed by atoms with Crippen LogP contribution in [0.5, 0.6) is 0 Å². The SMILES string of the molecule is CC(C)CCCn1c(C/C(N)=N/O)nc2ccccc21. The molecule has 0 saturated heterocycles. The molecule has 0 radical (unpaired) electrons. The van der Waals surface area contributed by atoms with Crippen LogP contribution < -0.4 is 5.73 Å². The van der Waals surface area contributed by atoms with Gasteiger partial charge in [0, 0.05) is 6.54 Å². The van der Waals surface area contributed by atoms with Crippen LogP contribution in [0, 0.1) is 5.92 Å². The first-order valence-electron chi connectivity index (χ1n) is 7.02. The van der Waals surface area contributed by atoms with Crippen LogP contribution in [0.2, 0.25) is 0 Å². The van der Waals surface area contributed by atoms with E-state index in [1.54, 1.807) is 0 Å². The fourth-order valence-corrected chi connectivity index (χ4v) is 2.36. The molecule has 5 nitrogen and oxygen atoms in total. The molecule has 0 amide bonds. The molecule has 0 aliphatic carbocycles. The maximum atomic E-state index is 8.74. The number of rotatable bonds is 6. The van der Waals surface area contributed by atoms with E-state index in [9.17, 15) is 0 Å². The van der Waals surface area contributed by atoms with E-state index in [-0.39, 0.29) is 5.84 Å². The molecule has 0 aliphatic rings. The highest BCUT2D eigenvalue weighted by molar-refractivity contribution is 5.83. The van der Waals surface area contributed by atoms with Crippen molar-refractivity contribution in [2.75, 3.05) is 0 Å². The summed E-state index contributed by atoms with van der Waals surface area (Å²) in [5.74, 6) is 1.73. The molecule has 0 spiro atoms. The molecule has 5 heteroatoms. The Bertz CT molecular complexity index is 601. The Balaban J connectivity index is 2.29. The zero-order valence-corrected chi connectivity index (χ0v) is 12.1. The largest absolute Gasteiger partial charge is 0.409 e. The van der Waals surface area contributed by atoms with Gasteiger partial charge in [0.2, 0.25) is 0 Å². The van der Waals surface area contributed by atoms with E-state index in [1.165, 1.54) is 6.42 Å². The number of hydrogen-bond donors (Lipinski definition) is 2. The summed E-state index contributed by atoms with van der Waals surface area (Å²) in [4.78, 5) is 4.59. The van der Waals surface area contributed by atoms with Gasteiger partial charge in [-0.1, -0.05) is 31.1 Å². The number of hydrogen-bond acceptors (Lipinski definition) is 3. The normalized spacial score (nSPS) is 12.4. The summed E-state index contributed by atoms with van der Waals surface area (Å²) >= 11 is 0. The molecule has 1 aromatic heterocycles. The molecule has 0 atom stereocenters. The van der Waals surface area contributed by atoms with Crippen molar-refractivity contribution < 1.29 is 5.21 Å². The predicted molar refractivity (Wildman–Crippen MR) is 80.9 cm³/mol. The minimum absolute atomic E-state index is 0.186. The summed E-state index contributed by atoms with van der Waals surface area (Å²) in [6.07, 6.45) is 2.64. The van der Waals surface area contributed by atoms with Gasteiger partial charge in [-0.3, -0.25) is 0 Å². The lowest BCUT2D eigenvalue weighted by atomic mass is 10.1. The van der Waals surface area contributed by atoms with Crippen LogP contribution >= 0.6 is 0 Å². The van der Waals surface area contributed by atoms with Gasteiger partial charge < -0.3 is 15.5 Å². The fourth-order valence-electron chi connectivity index (χ4n) is 2.36. The lowest BCUT2D eigenvalue weighted by molar-refractivity contribution is 0.317. The molecular formula is C15H22N4O. The molecule has 1 heterocycles. The fraction of sp³-hybridized carbons (Fsp3) is 0.467. The molecule has 3 N–H and O–H groups in total. The molecule has 0 saturated carbocycles. The van der Waals surface area contributed by atoms with Crippen LogP contribution in [0.15, 0.2) is 29.4 Å². The molecule has 0 bridgehead atoms. The number of fused-ring (bicyclic) bond motifs is 1. The average Bonchev–Trinajstić information content (AvgIpc) is 2.76. The summed E-state index contributed by atoms with van der Waals surface area (Å²) in [7, 11) is 0. The number of benzene rings is 1. The average molecular weight is 274 g/mol. The molecule has 2 aromatic rings. The number of nitrogens with two attached hydrogens (primary N) is 1. The number of aryl methyl sites for hydroxylation is 1. The Morgan fingerprint density at radius 2 is 2.15 bits per heavy atom. The molecule has 2 rings (SSSR count). The van der Waals surface area contributed by atoms with Crippen LogP contribution in [-0.4, -0.2) is 20.6 Å². The Morgan fingerprint density at radius 1 is 1.40 bits per heavy atom. The van der Waals surface area contributed by atoms with Crippen LogP contribution in [-0.2, 0) is 13.0 Å². The third-order valence-corrected chi connectivity index (χ3v) is 3.36.